The minimum Gasteiger partial charge on any atom is -0.495 e. The van der Waals surface area contributed by atoms with Crippen LogP contribution in [-0.2, 0) is 24.8 Å². The van der Waals surface area contributed by atoms with Gasteiger partial charge in [-0.15, -0.1) is 0 Å². The van der Waals surface area contributed by atoms with E-state index in [1.807, 2.05) is 13.8 Å². The van der Waals surface area contributed by atoms with E-state index in [1.54, 1.807) is 39.0 Å². The number of aryl methyl sites for hydroxylation is 2. The van der Waals surface area contributed by atoms with Gasteiger partial charge in [-0.25, -0.2) is 21.6 Å². The molecule has 11 heteroatoms. The fraction of sp³-hybridized carbons (Fsp3) is 0.435. The molecule has 0 aliphatic carbocycles. The average molecular weight is 512 g/mol. The second kappa shape index (κ2) is 10.7. The smallest absolute Gasteiger partial charge is 0.248 e. The van der Waals surface area contributed by atoms with Gasteiger partial charge in [-0.2, -0.15) is 0 Å². The van der Waals surface area contributed by atoms with Gasteiger partial charge in [0.25, 0.3) is 0 Å². The van der Waals surface area contributed by atoms with Crippen molar-refractivity contribution in [2.75, 3.05) is 23.0 Å². The lowest BCUT2D eigenvalue weighted by molar-refractivity contribution is -0.117. The number of amides is 1. The molecule has 1 unspecified atom stereocenters. The van der Waals surface area contributed by atoms with E-state index in [2.05, 4.69) is 10.0 Å². The number of rotatable bonds is 10. The van der Waals surface area contributed by atoms with Crippen LogP contribution < -0.4 is 19.1 Å². The van der Waals surface area contributed by atoms with Crippen LogP contribution >= 0.6 is 0 Å². The van der Waals surface area contributed by atoms with Crippen molar-refractivity contribution >= 4 is 37.3 Å². The third-order valence-electron chi connectivity index (χ3n) is 5.20. The van der Waals surface area contributed by atoms with Crippen LogP contribution in [0.4, 0.5) is 11.4 Å². The second-order valence-corrected chi connectivity index (χ2v) is 12.0. The van der Waals surface area contributed by atoms with E-state index >= 15 is 0 Å². The molecule has 188 valence electrons. The molecule has 9 nitrogen and oxygen atoms in total. The molecule has 0 saturated heterocycles. The molecule has 0 aliphatic heterocycles. The Kier molecular flexibility index (Phi) is 8.73. The van der Waals surface area contributed by atoms with E-state index in [1.165, 1.54) is 25.3 Å². The number of carbonyl (C=O) groups is 1. The molecule has 0 spiro atoms. The molecule has 0 radical (unpaired) electrons. The highest BCUT2D eigenvalue weighted by Crippen LogP contribution is 2.30. The van der Waals surface area contributed by atoms with Crippen molar-refractivity contribution in [2.24, 2.45) is 0 Å². The summed E-state index contributed by atoms with van der Waals surface area (Å²) in [5, 5.41) is 2.66. The lowest BCUT2D eigenvalue weighted by atomic mass is 10.1. The van der Waals surface area contributed by atoms with Crippen molar-refractivity contribution in [3.63, 3.8) is 0 Å². The first-order valence-electron chi connectivity index (χ1n) is 10.8. The fourth-order valence-corrected chi connectivity index (χ4v) is 5.95. The Morgan fingerprint density at radius 1 is 1.03 bits per heavy atom. The van der Waals surface area contributed by atoms with Crippen molar-refractivity contribution in [2.45, 2.75) is 58.0 Å². The van der Waals surface area contributed by atoms with E-state index in [9.17, 15) is 21.6 Å². The summed E-state index contributed by atoms with van der Waals surface area (Å²) in [5.74, 6) is -0.375. The van der Waals surface area contributed by atoms with Crippen molar-refractivity contribution in [3.05, 3.63) is 47.5 Å². The van der Waals surface area contributed by atoms with Crippen molar-refractivity contribution in [3.8, 4) is 5.75 Å². The van der Waals surface area contributed by atoms with E-state index in [4.69, 9.17) is 4.74 Å². The summed E-state index contributed by atoms with van der Waals surface area (Å²) in [7, 11) is -6.26. The molecule has 2 rings (SSSR count). The first-order valence-corrected chi connectivity index (χ1v) is 14.1. The minimum absolute atomic E-state index is 0.0560. The Balaban J connectivity index is 2.50. The van der Waals surface area contributed by atoms with Gasteiger partial charge in [0.1, 0.15) is 11.8 Å². The third-order valence-corrected chi connectivity index (χ3v) is 8.04. The Morgan fingerprint density at radius 3 is 2.18 bits per heavy atom. The number of hydrogen-bond acceptors (Lipinski definition) is 6. The molecule has 0 saturated carbocycles. The van der Waals surface area contributed by atoms with Crippen LogP contribution in [-0.4, -0.2) is 48.2 Å². The number of methoxy groups -OCH3 is 1. The summed E-state index contributed by atoms with van der Waals surface area (Å²) in [6.07, 6.45) is 1.23. The minimum atomic E-state index is -3.82. The molecule has 0 fully saturated rings. The predicted octanol–water partition coefficient (Wildman–Crippen LogP) is 3.18. The van der Waals surface area contributed by atoms with Gasteiger partial charge >= 0.3 is 0 Å². The third kappa shape index (κ3) is 6.49. The number of nitrogens with zero attached hydrogens (tertiary/aromatic N) is 1. The quantitative estimate of drug-likeness (QED) is 0.505. The first-order chi connectivity index (χ1) is 15.7. The Hall–Kier alpha value is -2.63. The topological polar surface area (TPSA) is 122 Å². The molecule has 0 heterocycles. The van der Waals surface area contributed by atoms with Gasteiger partial charge < -0.3 is 10.1 Å². The summed E-state index contributed by atoms with van der Waals surface area (Å²) < 4.78 is 59.5. The Morgan fingerprint density at radius 2 is 1.68 bits per heavy atom. The van der Waals surface area contributed by atoms with Gasteiger partial charge in [-0.05, 0) is 75.6 Å². The van der Waals surface area contributed by atoms with Crippen molar-refractivity contribution in [1.82, 2.24) is 4.72 Å². The standard InChI is InChI=1S/C23H33N3O6S2/c1-8-21(26(33(7,28)29)18-10-9-16(4)17(5)13-18)23(27)24-20-14-19(11-12-22(20)32-6)34(30,31)25-15(2)3/h9-15,21,25H,8H2,1-7H3,(H,24,27). The molecule has 1 atom stereocenters. The van der Waals surface area contributed by atoms with Gasteiger partial charge in [-0.1, -0.05) is 13.0 Å². The van der Waals surface area contributed by atoms with Crippen LogP contribution in [0.1, 0.15) is 38.3 Å². The zero-order chi connectivity index (χ0) is 25.8. The molecule has 0 bridgehead atoms. The first kappa shape index (κ1) is 27.6. The summed E-state index contributed by atoms with van der Waals surface area (Å²) in [6.45, 7) is 8.87. The molecule has 1 amide bonds. The lowest BCUT2D eigenvalue weighted by Gasteiger charge is -2.30. The molecule has 2 N–H and O–H groups in total. The predicted molar refractivity (Wildman–Crippen MR) is 134 cm³/mol. The maximum absolute atomic E-state index is 13.3. The average Bonchev–Trinajstić information content (AvgIpc) is 2.72. The van der Waals surface area contributed by atoms with Crippen molar-refractivity contribution < 1.29 is 26.4 Å². The van der Waals surface area contributed by atoms with Gasteiger partial charge in [0.2, 0.25) is 26.0 Å². The number of carbonyl (C=O) groups excluding carboxylic acids is 1. The SMILES string of the molecule is CCC(C(=O)Nc1cc(S(=O)(=O)NC(C)C)ccc1OC)N(c1ccc(C)c(C)c1)S(C)(=O)=O. The normalized spacial score (nSPS) is 12.9. The molecule has 2 aromatic rings. The van der Waals surface area contributed by atoms with Gasteiger partial charge in [0, 0.05) is 6.04 Å². The molecule has 0 aliphatic rings. The second-order valence-electron chi connectivity index (χ2n) is 8.38. The van der Waals surface area contributed by atoms with E-state index in [0.29, 0.717) is 5.69 Å². The number of anilines is 2. The number of ether oxygens (including phenoxy) is 1. The highest BCUT2D eigenvalue weighted by Gasteiger charge is 2.32. The van der Waals surface area contributed by atoms with Crippen LogP contribution in [0.15, 0.2) is 41.3 Å². The Bertz CT molecular complexity index is 1260. The van der Waals surface area contributed by atoms with Crippen LogP contribution in [0.25, 0.3) is 0 Å². The maximum Gasteiger partial charge on any atom is 0.248 e. The Labute approximate surface area is 202 Å². The van der Waals surface area contributed by atoms with Gasteiger partial charge in [-0.3, -0.25) is 9.10 Å². The molecule has 0 aromatic heterocycles. The van der Waals surface area contributed by atoms with Crippen molar-refractivity contribution in [1.29, 1.82) is 0 Å². The van der Waals surface area contributed by atoms with Gasteiger partial charge in [0.05, 0.1) is 29.6 Å². The summed E-state index contributed by atoms with van der Waals surface area (Å²) in [6, 6.07) is 7.87. The van der Waals surface area contributed by atoms with Crippen LogP contribution in [0, 0.1) is 13.8 Å². The summed E-state index contributed by atoms with van der Waals surface area (Å²) in [4.78, 5) is 13.3. The highest BCUT2D eigenvalue weighted by molar-refractivity contribution is 7.92. The zero-order valence-corrected chi connectivity index (χ0v) is 22.2. The fourth-order valence-electron chi connectivity index (χ4n) is 3.47. The molecule has 2 aromatic carbocycles. The summed E-state index contributed by atoms with van der Waals surface area (Å²) in [5.41, 5.74) is 2.37. The zero-order valence-electron chi connectivity index (χ0n) is 20.5. The monoisotopic (exact) mass is 511 g/mol. The summed E-state index contributed by atoms with van der Waals surface area (Å²) >= 11 is 0. The van der Waals surface area contributed by atoms with Crippen LogP contribution in [0.3, 0.4) is 0 Å². The largest absolute Gasteiger partial charge is 0.495 e. The molecular formula is C23H33N3O6S2. The molecular weight excluding hydrogens is 478 g/mol. The van der Waals surface area contributed by atoms with Gasteiger partial charge in [0.15, 0.2) is 0 Å². The van der Waals surface area contributed by atoms with Crippen LogP contribution in [0.2, 0.25) is 0 Å². The van der Waals surface area contributed by atoms with E-state index in [0.717, 1.165) is 21.7 Å². The molecule has 34 heavy (non-hydrogen) atoms. The number of nitrogens with one attached hydrogen (secondary N) is 2. The number of benzene rings is 2. The van der Waals surface area contributed by atoms with E-state index < -0.39 is 32.0 Å². The van der Waals surface area contributed by atoms with E-state index in [-0.39, 0.29) is 28.8 Å². The highest BCUT2D eigenvalue weighted by atomic mass is 32.2. The number of sulfonamides is 2. The number of hydrogen-bond donors (Lipinski definition) is 2. The van der Waals surface area contributed by atoms with Crippen LogP contribution in [0.5, 0.6) is 5.75 Å². The maximum atomic E-state index is 13.3. The lowest BCUT2D eigenvalue weighted by Crippen LogP contribution is -2.47.